The van der Waals surface area contributed by atoms with Crippen molar-refractivity contribution in [1.29, 1.82) is 0 Å². The molecule has 1 atom stereocenters. The van der Waals surface area contributed by atoms with Gasteiger partial charge in [0.1, 0.15) is 24.1 Å². The van der Waals surface area contributed by atoms with E-state index in [2.05, 4.69) is 15.4 Å². The van der Waals surface area contributed by atoms with Crippen molar-refractivity contribution < 1.29 is 41.8 Å². The SMILES string of the molecule is O=C1CCC(N2Cc3ccc(CNC(=O)C4=Cc5cc(OC(F)(F)F)ccc5OC4)cc3C2=O)C(=O)N1. The van der Waals surface area contributed by atoms with Crippen molar-refractivity contribution in [2.45, 2.75) is 38.3 Å². The summed E-state index contributed by atoms with van der Waals surface area (Å²) in [6.45, 7) is 0.262. The Labute approximate surface area is 208 Å². The zero-order valence-electron chi connectivity index (χ0n) is 19.2. The number of hydrogen-bond donors (Lipinski definition) is 2. The van der Waals surface area contributed by atoms with E-state index in [1.165, 1.54) is 17.0 Å². The molecule has 2 aromatic carbocycles. The largest absolute Gasteiger partial charge is 0.573 e. The van der Waals surface area contributed by atoms with Crippen LogP contribution in [0.4, 0.5) is 13.2 Å². The molecule has 192 valence electrons. The maximum absolute atomic E-state index is 13.0. The second kappa shape index (κ2) is 9.26. The summed E-state index contributed by atoms with van der Waals surface area (Å²) < 4.78 is 46.9. The van der Waals surface area contributed by atoms with Crippen molar-refractivity contribution in [3.8, 4) is 11.5 Å². The molecular formula is C25H20F3N3O6. The van der Waals surface area contributed by atoms with E-state index < -0.39 is 30.0 Å². The molecule has 1 fully saturated rings. The van der Waals surface area contributed by atoms with Gasteiger partial charge >= 0.3 is 6.36 Å². The minimum Gasteiger partial charge on any atom is -0.488 e. The number of piperidine rings is 1. The van der Waals surface area contributed by atoms with Gasteiger partial charge in [0.2, 0.25) is 11.8 Å². The quantitative estimate of drug-likeness (QED) is 0.592. The van der Waals surface area contributed by atoms with Crippen LogP contribution in [0.15, 0.2) is 42.0 Å². The summed E-state index contributed by atoms with van der Waals surface area (Å²) in [6.07, 6.45) is -2.99. The summed E-state index contributed by atoms with van der Waals surface area (Å²) in [4.78, 5) is 50.7. The predicted octanol–water partition coefficient (Wildman–Crippen LogP) is 2.44. The Kier molecular flexibility index (Phi) is 6.10. The van der Waals surface area contributed by atoms with E-state index in [0.29, 0.717) is 16.9 Å². The van der Waals surface area contributed by atoms with Gasteiger partial charge in [-0.3, -0.25) is 24.5 Å². The van der Waals surface area contributed by atoms with Crippen molar-refractivity contribution in [1.82, 2.24) is 15.5 Å². The predicted molar refractivity (Wildman–Crippen MR) is 121 cm³/mol. The van der Waals surface area contributed by atoms with Gasteiger partial charge in [-0.25, -0.2) is 0 Å². The average molecular weight is 515 g/mol. The Morgan fingerprint density at radius 1 is 1.16 bits per heavy atom. The van der Waals surface area contributed by atoms with Gasteiger partial charge in [0, 0.05) is 30.6 Å². The van der Waals surface area contributed by atoms with Crippen LogP contribution in [-0.2, 0) is 27.5 Å². The number of alkyl halides is 3. The van der Waals surface area contributed by atoms with Crippen LogP contribution < -0.4 is 20.1 Å². The number of carbonyl (C=O) groups excluding carboxylic acids is 4. The van der Waals surface area contributed by atoms with Crippen LogP contribution in [-0.4, -0.2) is 47.5 Å². The first-order valence-corrected chi connectivity index (χ1v) is 11.4. The molecule has 3 aliphatic heterocycles. The topological polar surface area (TPSA) is 114 Å². The van der Waals surface area contributed by atoms with E-state index in [4.69, 9.17) is 4.74 Å². The molecule has 0 saturated carbocycles. The minimum absolute atomic E-state index is 0.0676. The number of halogens is 3. The fourth-order valence-corrected chi connectivity index (χ4v) is 4.49. The molecule has 3 aliphatic rings. The van der Waals surface area contributed by atoms with Crippen LogP contribution in [0, 0.1) is 0 Å². The van der Waals surface area contributed by atoms with Crippen LogP contribution in [0.25, 0.3) is 6.08 Å². The lowest BCUT2D eigenvalue weighted by molar-refractivity contribution is -0.274. The first-order valence-electron chi connectivity index (χ1n) is 11.4. The summed E-state index contributed by atoms with van der Waals surface area (Å²) in [5.41, 5.74) is 2.28. The zero-order chi connectivity index (χ0) is 26.3. The third-order valence-corrected chi connectivity index (χ3v) is 6.27. The number of fused-ring (bicyclic) bond motifs is 2. The van der Waals surface area contributed by atoms with Crippen LogP contribution in [0.2, 0.25) is 0 Å². The highest BCUT2D eigenvalue weighted by Gasteiger charge is 2.39. The van der Waals surface area contributed by atoms with Crippen LogP contribution >= 0.6 is 0 Å². The second-order valence-electron chi connectivity index (χ2n) is 8.78. The fourth-order valence-electron chi connectivity index (χ4n) is 4.49. The molecule has 0 aromatic heterocycles. The van der Waals surface area contributed by atoms with Crippen molar-refractivity contribution in [3.63, 3.8) is 0 Å². The lowest BCUT2D eigenvalue weighted by atomic mass is 10.0. The number of hydrogen-bond acceptors (Lipinski definition) is 6. The lowest BCUT2D eigenvalue weighted by Gasteiger charge is -2.29. The van der Waals surface area contributed by atoms with Gasteiger partial charge in [-0.1, -0.05) is 12.1 Å². The molecule has 4 amide bonds. The molecule has 1 unspecified atom stereocenters. The normalized spacial score (nSPS) is 18.9. The first-order chi connectivity index (χ1) is 17.6. The van der Waals surface area contributed by atoms with Crippen LogP contribution in [0.1, 0.15) is 39.9 Å². The first kappa shape index (κ1) is 24.3. The Bertz CT molecular complexity index is 1350. The number of nitrogens with one attached hydrogen (secondary N) is 2. The molecule has 37 heavy (non-hydrogen) atoms. The molecule has 2 N–H and O–H groups in total. The Balaban J connectivity index is 1.24. The molecule has 5 rings (SSSR count). The highest BCUT2D eigenvalue weighted by atomic mass is 19.4. The molecule has 0 aliphatic carbocycles. The lowest BCUT2D eigenvalue weighted by Crippen LogP contribution is -2.52. The third-order valence-electron chi connectivity index (χ3n) is 6.27. The summed E-state index contributed by atoms with van der Waals surface area (Å²) in [7, 11) is 0. The molecule has 0 radical (unpaired) electrons. The molecule has 2 aromatic rings. The van der Waals surface area contributed by atoms with Gasteiger partial charge in [0.25, 0.3) is 11.8 Å². The zero-order valence-corrected chi connectivity index (χ0v) is 19.2. The van der Waals surface area contributed by atoms with Crippen molar-refractivity contribution in [2.75, 3.05) is 6.61 Å². The van der Waals surface area contributed by atoms with E-state index in [1.807, 2.05) is 0 Å². The smallest absolute Gasteiger partial charge is 0.488 e. The van der Waals surface area contributed by atoms with Gasteiger partial charge in [0.15, 0.2) is 0 Å². The number of ether oxygens (including phenoxy) is 2. The van der Waals surface area contributed by atoms with E-state index in [-0.39, 0.29) is 55.5 Å². The standard InChI is InChI=1S/C25H20F3N3O6/c26-25(27,28)37-17-3-5-20-15(9-17)8-16(12-36-20)22(33)29-10-13-1-2-14-11-31(24(35)18(14)7-13)19-4-6-21(32)30-23(19)34/h1-3,5,7-9,19H,4,6,10-12H2,(H,29,33)(H,30,32,34). The number of amides is 4. The third kappa shape index (κ3) is 5.13. The van der Waals surface area contributed by atoms with Gasteiger partial charge in [-0.05, 0) is 47.9 Å². The highest BCUT2D eigenvalue weighted by Crippen LogP contribution is 2.33. The Morgan fingerprint density at radius 3 is 2.73 bits per heavy atom. The van der Waals surface area contributed by atoms with E-state index in [9.17, 15) is 32.3 Å². The van der Waals surface area contributed by atoms with Gasteiger partial charge in [-0.15, -0.1) is 13.2 Å². The van der Waals surface area contributed by atoms with Gasteiger partial charge < -0.3 is 19.7 Å². The van der Waals surface area contributed by atoms with Crippen molar-refractivity contribution >= 4 is 29.7 Å². The molecule has 0 spiro atoms. The maximum atomic E-state index is 13.0. The molecule has 1 saturated heterocycles. The van der Waals surface area contributed by atoms with E-state index >= 15 is 0 Å². The van der Waals surface area contributed by atoms with Gasteiger partial charge in [-0.2, -0.15) is 0 Å². The summed E-state index contributed by atoms with van der Waals surface area (Å²) >= 11 is 0. The summed E-state index contributed by atoms with van der Waals surface area (Å²) in [5.74, 6) is -1.77. The van der Waals surface area contributed by atoms with E-state index in [1.54, 1.807) is 18.2 Å². The van der Waals surface area contributed by atoms with Gasteiger partial charge in [0.05, 0.1) is 5.57 Å². The van der Waals surface area contributed by atoms with Crippen LogP contribution in [0.3, 0.4) is 0 Å². The molecule has 9 nitrogen and oxygen atoms in total. The maximum Gasteiger partial charge on any atom is 0.573 e. The monoisotopic (exact) mass is 515 g/mol. The summed E-state index contributed by atoms with van der Waals surface area (Å²) in [6, 6.07) is 8.03. The van der Waals surface area contributed by atoms with E-state index in [0.717, 1.165) is 17.7 Å². The number of rotatable bonds is 5. The fraction of sp³-hybridized carbons (Fsp3) is 0.280. The number of carbonyl (C=O) groups is 4. The Hall–Kier alpha value is -4.35. The Morgan fingerprint density at radius 2 is 1.97 bits per heavy atom. The number of imide groups is 1. The molecule has 12 heteroatoms. The number of nitrogens with zero attached hydrogens (tertiary/aromatic N) is 1. The highest BCUT2D eigenvalue weighted by molar-refractivity contribution is 6.05. The molecule has 3 heterocycles. The van der Waals surface area contributed by atoms with Crippen molar-refractivity contribution in [3.05, 3.63) is 64.2 Å². The average Bonchev–Trinajstić information content (AvgIpc) is 3.16. The number of benzene rings is 2. The van der Waals surface area contributed by atoms with Crippen molar-refractivity contribution in [2.24, 2.45) is 0 Å². The second-order valence-corrected chi connectivity index (χ2v) is 8.78. The molecule has 0 bridgehead atoms. The molecular weight excluding hydrogens is 495 g/mol. The van der Waals surface area contributed by atoms with Crippen LogP contribution in [0.5, 0.6) is 11.5 Å². The minimum atomic E-state index is -4.84. The summed E-state index contributed by atoms with van der Waals surface area (Å²) in [5, 5.41) is 4.98.